The number of carbonyl (C=O) groups is 1. The van der Waals surface area contributed by atoms with Crippen molar-refractivity contribution >= 4 is 19.0 Å². The standard InChI is InChI=1S/C24H25O2P/c1-16-11-12-22(18(3)13-16)27(26-21-9-7-6-8-10-21)24(25)23-19(4)14-17(2)15-20(23)5/h6-15H,1-5H3. The van der Waals surface area contributed by atoms with Gasteiger partial charge in [0.1, 0.15) is 5.75 Å². The second-order valence-corrected chi connectivity index (χ2v) is 8.73. The van der Waals surface area contributed by atoms with Crippen LogP contribution in [0.25, 0.3) is 0 Å². The van der Waals surface area contributed by atoms with E-state index < -0.39 is 8.15 Å². The molecule has 0 bridgehead atoms. The third-order valence-corrected chi connectivity index (χ3v) is 6.51. The lowest BCUT2D eigenvalue weighted by atomic mass is 10.0. The highest BCUT2D eigenvalue weighted by Crippen LogP contribution is 2.43. The summed E-state index contributed by atoms with van der Waals surface area (Å²) in [4.78, 5) is 13.6. The Kier molecular flexibility index (Phi) is 5.77. The quantitative estimate of drug-likeness (QED) is 0.498. The van der Waals surface area contributed by atoms with Gasteiger partial charge in [0.25, 0.3) is 0 Å². The number of aryl methyl sites for hydroxylation is 5. The molecule has 138 valence electrons. The molecule has 3 heteroatoms. The molecule has 3 aromatic carbocycles. The van der Waals surface area contributed by atoms with E-state index in [-0.39, 0.29) is 5.52 Å². The summed E-state index contributed by atoms with van der Waals surface area (Å²) in [5, 5.41) is 0.976. The molecule has 3 rings (SSSR count). The van der Waals surface area contributed by atoms with Gasteiger partial charge in [-0.1, -0.05) is 59.7 Å². The molecule has 0 radical (unpaired) electrons. The van der Waals surface area contributed by atoms with Crippen LogP contribution in [0.4, 0.5) is 0 Å². The van der Waals surface area contributed by atoms with Crippen LogP contribution in [-0.2, 0) is 0 Å². The first-order chi connectivity index (χ1) is 12.9. The Labute approximate surface area is 163 Å². The van der Waals surface area contributed by atoms with Crippen molar-refractivity contribution in [2.45, 2.75) is 34.6 Å². The highest BCUT2D eigenvalue weighted by Gasteiger charge is 2.29. The third-order valence-electron chi connectivity index (χ3n) is 4.59. The van der Waals surface area contributed by atoms with Crippen LogP contribution < -0.4 is 9.83 Å². The van der Waals surface area contributed by atoms with Crippen molar-refractivity contribution in [1.29, 1.82) is 0 Å². The Morgan fingerprint density at radius 3 is 1.93 bits per heavy atom. The molecule has 0 aromatic heterocycles. The van der Waals surface area contributed by atoms with E-state index in [1.807, 2.05) is 63.2 Å². The van der Waals surface area contributed by atoms with Crippen molar-refractivity contribution in [3.05, 3.63) is 94.0 Å². The largest absolute Gasteiger partial charge is 0.461 e. The first-order valence-electron chi connectivity index (χ1n) is 9.09. The number of carbonyl (C=O) groups excluding carboxylic acids is 1. The Morgan fingerprint density at radius 1 is 0.741 bits per heavy atom. The Balaban J connectivity index is 2.10. The lowest BCUT2D eigenvalue weighted by Crippen LogP contribution is -2.17. The number of hydrogen-bond donors (Lipinski definition) is 0. The first-order valence-corrected chi connectivity index (χ1v) is 10.4. The Morgan fingerprint density at radius 2 is 1.33 bits per heavy atom. The van der Waals surface area contributed by atoms with Crippen LogP contribution in [0.15, 0.2) is 60.7 Å². The number of benzene rings is 3. The minimum Gasteiger partial charge on any atom is -0.461 e. The molecule has 1 atom stereocenters. The second kappa shape index (κ2) is 8.06. The van der Waals surface area contributed by atoms with Gasteiger partial charge in [-0.15, -0.1) is 0 Å². The van der Waals surface area contributed by atoms with Crippen molar-refractivity contribution in [1.82, 2.24) is 0 Å². The summed E-state index contributed by atoms with van der Waals surface area (Å²) in [6, 6.07) is 19.9. The van der Waals surface area contributed by atoms with Gasteiger partial charge >= 0.3 is 0 Å². The van der Waals surface area contributed by atoms with Gasteiger partial charge in [-0.05, 0) is 63.4 Å². The van der Waals surface area contributed by atoms with Crippen LogP contribution in [0.3, 0.4) is 0 Å². The molecular weight excluding hydrogens is 351 g/mol. The minimum absolute atomic E-state index is 0.0656. The van der Waals surface area contributed by atoms with Crippen LogP contribution in [0.1, 0.15) is 38.2 Å². The van der Waals surface area contributed by atoms with E-state index in [9.17, 15) is 4.79 Å². The third kappa shape index (κ3) is 4.28. The molecule has 1 unspecified atom stereocenters. The first kappa shape index (κ1) is 19.3. The normalized spacial score (nSPS) is 11.9. The summed E-state index contributed by atoms with van der Waals surface area (Å²) in [5.74, 6) is 0.722. The predicted octanol–water partition coefficient (Wildman–Crippen LogP) is 6.17. The molecular formula is C24H25O2P. The van der Waals surface area contributed by atoms with E-state index in [2.05, 4.69) is 32.0 Å². The maximum Gasteiger partial charge on any atom is 0.229 e. The number of hydrogen-bond acceptors (Lipinski definition) is 2. The lowest BCUT2D eigenvalue weighted by molar-refractivity contribution is 0.107. The molecule has 0 amide bonds. The molecule has 0 aliphatic rings. The zero-order valence-corrected chi connectivity index (χ0v) is 17.4. The minimum atomic E-state index is -1.48. The van der Waals surface area contributed by atoms with E-state index in [0.717, 1.165) is 33.3 Å². The number of rotatable bonds is 5. The van der Waals surface area contributed by atoms with E-state index in [1.165, 1.54) is 11.1 Å². The van der Waals surface area contributed by atoms with Crippen LogP contribution in [0, 0.1) is 34.6 Å². The molecule has 0 fully saturated rings. The van der Waals surface area contributed by atoms with Crippen LogP contribution in [-0.4, -0.2) is 5.52 Å². The lowest BCUT2D eigenvalue weighted by Gasteiger charge is -2.21. The molecule has 0 aliphatic heterocycles. The molecule has 0 saturated carbocycles. The van der Waals surface area contributed by atoms with Crippen molar-refractivity contribution < 1.29 is 9.32 Å². The zero-order valence-electron chi connectivity index (χ0n) is 16.5. The molecule has 0 saturated heterocycles. The van der Waals surface area contributed by atoms with Crippen LogP contribution in [0.5, 0.6) is 5.75 Å². The predicted molar refractivity (Wildman–Crippen MR) is 115 cm³/mol. The molecule has 2 nitrogen and oxygen atoms in total. The summed E-state index contributed by atoms with van der Waals surface area (Å²) in [6.45, 7) is 10.2. The van der Waals surface area contributed by atoms with Gasteiger partial charge < -0.3 is 4.52 Å². The maximum atomic E-state index is 13.6. The smallest absolute Gasteiger partial charge is 0.229 e. The van der Waals surface area contributed by atoms with Crippen molar-refractivity contribution in [2.24, 2.45) is 0 Å². The summed E-state index contributed by atoms with van der Waals surface area (Å²) >= 11 is 0. The second-order valence-electron chi connectivity index (χ2n) is 7.07. The van der Waals surface area contributed by atoms with Gasteiger partial charge in [-0.25, -0.2) is 0 Å². The SMILES string of the molecule is Cc1ccc(P(Oc2ccccc2)C(=O)c2c(C)cc(C)cc2C)c(C)c1. The average Bonchev–Trinajstić information content (AvgIpc) is 2.60. The van der Waals surface area contributed by atoms with Crippen LogP contribution in [0.2, 0.25) is 0 Å². The summed E-state index contributed by atoms with van der Waals surface area (Å²) < 4.78 is 6.29. The molecule has 0 N–H and O–H groups in total. The fourth-order valence-electron chi connectivity index (χ4n) is 3.44. The Bertz CT molecular complexity index is 954. The summed E-state index contributed by atoms with van der Waals surface area (Å²) in [5.41, 5.74) is 6.30. The molecule has 3 aromatic rings. The van der Waals surface area contributed by atoms with Gasteiger partial charge in [-0.3, -0.25) is 4.79 Å². The fourth-order valence-corrected chi connectivity index (χ4v) is 5.32. The maximum absolute atomic E-state index is 13.6. The Hall–Kier alpha value is -2.44. The molecule has 0 aliphatic carbocycles. The fraction of sp³-hybridized carbons (Fsp3) is 0.208. The van der Waals surface area contributed by atoms with Crippen molar-refractivity contribution in [3.63, 3.8) is 0 Å². The van der Waals surface area contributed by atoms with E-state index in [1.54, 1.807) is 0 Å². The van der Waals surface area contributed by atoms with E-state index in [0.29, 0.717) is 0 Å². The van der Waals surface area contributed by atoms with Gasteiger partial charge in [0, 0.05) is 10.9 Å². The van der Waals surface area contributed by atoms with Crippen LogP contribution >= 0.6 is 8.15 Å². The van der Waals surface area contributed by atoms with Gasteiger partial charge in [0.05, 0.1) is 0 Å². The van der Waals surface area contributed by atoms with Gasteiger partial charge in [0.2, 0.25) is 5.52 Å². The summed E-state index contributed by atoms with van der Waals surface area (Å²) in [6.07, 6.45) is 0. The van der Waals surface area contributed by atoms with E-state index in [4.69, 9.17) is 4.52 Å². The zero-order chi connectivity index (χ0) is 19.6. The average molecular weight is 376 g/mol. The highest BCUT2D eigenvalue weighted by molar-refractivity contribution is 7.78. The van der Waals surface area contributed by atoms with Crippen molar-refractivity contribution in [3.8, 4) is 5.75 Å². The van der Waals surface area contributed by atoms with Crippen molar-refractivity contribution in [2.75, 3.05) is 0 Å². The molecule has 0 spiro atoms. The molecule has 0 heterocycles. The van der Waals surface area contributed by atoms with Gasteiger partial charge in [-0.2, -0.15) is 0 Å². The van der Waals surface area contributed by atoms with E-state index >= 15 is 0 Å². The number of para-hydroxylation sites is 1. The molecule has 27 heavy (non-hydrogen) atoms. The summed E-state index contributed by atoms with van der Waals surface area (Å²) in [7, 11) is -1.48. The monoisotopic (exact) mass is 376 g/mol. The highest BCUT2D eigenvalue weighted by atomic mass is 31.1. The van der Waals surface area contributed by atoms with Gasteiger partial charge in [0.15, 0.2) is 8.15 Å². The topological polar surface area (TPSA) is 26.3 Å².